The lowest BCUT2D eigenvalue weighted by atomic mass is 10.3. The molecule has 0 aliphatic heterocycles. The molecule has 0 aliphatic carbocycles. The second-order valence-electron chi connectivity index (χ2n) is 3.46. The zero-order valence-corrected chi connectivity index (χ0v) is 9.95. The number of anilines is 2. The molecular formula is C10H16ClN3O. The maximum absolute atomic E-state index is 5.82. The van der Waals surface area contributed by atoms with E-state index < -0.39 is 0 Å². The van der Waals surface area contributed by atoms with Gasteiger partial charge in [-0.15, -0.1) is 0 Å². The summed E-state index contributed by atoms with van der Waals surface area (Å²) in [6.45, 7) is 2.65. The smallest absolute Gasteiger partial charge is 0.153 e. The largest absolute Gasteiger partial charge is 0.396 e. The summed E-state index contributed by atoms with van der Waals surface area (Å²) in [4.78, 5) is 6.14. The van der Waals surface area contributed by atoms with Gasteiger partial charge in [-0.25, -0.2) is 4.98 Å². The van der Waals surface area contributed by atoms with Crippen LogP contribution in [0.1, 0.15) is 6.92 Å². The summed E-state index contributed by atoms with van der Waals surface area (Å²) in [5.74, 6) is 0.687. The van der Waals surface area contributed by atoms with E-state index in [4.69, 9.17) is 22.1 Å². The number of hydrogen-bond donors (Lipinski definition) is 1. The number of nitrogens with two attached hydrogens (primary N) is 1. The maximum Gasteiger partial charge on any atom is 0.153 e. The van der Waals surface area contributed by atoms with Gasteiger partial charge in [0.05, 0.1) is 18.3 Å². The Morgan fingerprint density at radius 3 is 2.87 bits per heavy atom. The molecule has 15 heavy (non-hydrogen) atoms. The Bertz CT molecular complexity index is 332. The molecule has 0 amide bonds. The van der Waals surface area contributed by atoms with Crippen LogP contribution < -0.4 is 10.6 Å². The molecule has 0 saturated carbocycles. The highest BCUT2D eigenvalue weighted by Gasteiger charge is 2.13. The van der Waals surface area contributed by atoms with Crippen LogP contribution in [0.25, 0.3) is 0 Å². The van der Waals surface area contributed by atoms with Crippen molar-refractivity contribution in [3.8, 4) is 0 Å². The third-order valence-electron chi connectivity index (χ3n) is 2.27. The molecule has 1 aromatic rings. The average Bonchev–Trinajstić information content (AvgIpc) is 2.21. The summed E-state index contributed by atoms with van der Waals surface area (Å²) < 4.78 is 5.07. The summed E-state index contributed by atoms with van der Waals surface area (Å²) in [6, 6.07) is 3.62. The van der Waals surface area contributed by atoms with Crippen molar-refractivity contribution in [1.29, 1.82) is 0 Å². The number of aromatic nitrogens is 1. The van der Waals surface area contributed by atoms with Crippen LogP contribution in [-0.2, 0) is 4.74 Å². The van der Waals surface area contributed by atoms with Gasteiger partial charge in [0.25, 0.3) is 0 Å². The molecular weight excluding hydrogens is 214 g/mol. The van der Waals surface area contributed by atoms with Crippen molar-refractivity contribution in [3.63, 3.8) is 0 Å². The van der Waals surface area contributed by atoms with Crippen molar-refractivity contribution in [1.82, 2.24) is 4.98 Å². The fourth-order valence-electron chi connectivity index (χ4n) is 1.28. The Morgan fingerprint density at radius 1 is 1.60 bits per heavy atom. The second kappa shape index (κ2) is 5.19. The van der Waals surface area contributed by atoms with E-state index in [-0.39, 0.29) is 6.04 Å². The zero-order valence-electron chi connectivity index (χ0n) is 9.20. The topological polar surface area (TPSA) is 51.4 Å². The van der Waals surface area contributed by atoms with Gasteiger partial charge in [0, 0.05) is 14.2 Å². The molecule has 4 nitrogen and oxygen atoms in total. The predicted octanol–water partition coefficient (Wildman–Crippen LogP) is 1.79. The Morgan fingerprint density at radius 2 is 2.27 bits per heavy atom. The fourth-order valence-corrected chi connectivity index (χ4v) is 1.42. The monoisotopic (exact) mass is 229 g/mol. The summed E-state index contributed by atoms with van der Waals surface area (Å²) in [7, 11) is 3.58. The third-order valence-corrected chi connectivity index (χ3v) is 2.48. The number of methoxy groups -OCH3 is 1. The van der Waals surface area contributed by atoms with Gasteiger partial charge in [0.1, 0.15) is 5.15 Å². The van der Waals surface area contributed by atoms with Crippen molar-refractivity contribution in [2.24, 2.45) is 0 Å². The number of halogens is 1. The molecule has 0 radical (unpaired) electrons. The molecule has 0 aromatic carbocycles. The molecule has 1 heterocycles. The minimum Gasteiger partial charge on any atom is -0.396 e. The van der Waals surface area contributed by atoms with Crippen LogP contribution in [0.2, 0.25) is 5.15 Å². The van der Waals surface area contributed by atoms with Gasteiger partial charge in [-0.05, 0) is 19.1 Å². The third kappa shape index (κ3) is 2.97. The number of pyridine rings is 1. The molecule has 0 bridgehead atoms. The first-order chi connectivity index (χ1) is 7.06. The van der Waals surface area contributed by atoms with E-state index in [0.29, 0.717) is 23.3 Å². The molecule has 0 spiro atoms. The number of likely N-dealkylation sites (N-methyl/N-ethyl adjacent to an activating group) is 1. The zero-order chi connectivity index (χ0) is 11.4. The maximum atomic E-state index is 5.82. The van der Waals surface area contributed by atoms with Gasteiger partial charge in [0.15, 0.2) is 5.82 Å². The van der Waals surface area contributed by atoms with Crippen LogP contribution in [0.15, 0.2) is 12.1 Å². The molecule has 0 aliphatic rings. The minimum absolute atomic E-state index is 0.197. The van der Waals surface area contributed by atoms with Gasteiger partial charge in [0.2, 0.25) is 0 Å². The van der Waals surface area contributed by atoms with Crippen LogP contribution in [0.5, 0.6) is 0 Å². The average molecular weight is 230 g/mol. The standard InChI is InChI=1S/C10H16ClN3O/c1-7(6-15-3)14(2)10-8(12)4-5-9(11)13-10/h4-5,7H,6,12H2,1-3H3. The van der Waals surface area contributed by atoms with Crippen molar-refractivity contribution in [2.75, 3.05) is 31.4 Å². The molecule has 1 rings (SSSR count). The molecule has 1 unspecified atom stereocenters. The van der Waals surface area contributed by atoms with E-state index in [1.807, 2.05) is 18.9 Å². The molecule has 5 heteroatoms. The number of nitrogens with zero attached hydrogens (tertiary/aromatic N) is 2. The lowest BCUT2D eigenvalue weighted by Gasteiger charge is -2.26. The second-order valence-corrected chi connectivity index (χ2v) is 3.85. The summed E-state index contributed by atoms with van der Waals surface area (Å²) in [5, 5.41) is 0.440. The Balaban J connectivity index is 2.89. The number of ether oxygens (including phenoxy) is 1. The number of hydrogen-bond acceptors (Lipinski definition) is 4. The van der Waals surface area contributed by atoms with E-state index >= 15 is 0 Å². The van der Waals surface area contributed by atoms with E-state index in [0.717, 1.165) is 0 Å². The molecule has 1 aromatic heterocycles. The number of nitrogen functional groups attached to an aromatic ring is 1. The van der Waals surface area contributed by atoms with Crippen LogP contribution in [0, 0.1) is 0 Å². The summed E-state index contributed by atoms with van der Waals surface area (Å²) >= 11 is 5.82. The molecule has 2 N–H and O–H groups in total. The van der Waals surface area contributed by atoms with Crippen LogP contribution in [0.3, 0.4) is 0 Å². The van der Waals surface area contributed by atoms with Crippen LogP contribution in [0.4, 0.5) is 11.5 Å². The van der Waals surface area contributed by atoms with Gasteiger partial charge in [-0.1, -0.05) is 11.6 Å². The van der Waals surface area contributed by atoms with Crippen LogP contribution >= 0.6 is 11.6 Å². The Labute approximate surface area is 95.0 Å². The lowest BCUT2D eigenvalue weighted by Crippen LogP contribution is -2.33. The van der Waals surface area contributed by atoms with Gasteiger partial charge < -0.3 is 15.4 Å². The van der Waals surface area contributed by atoms with E-state index in [9.17, 15) is 0 Å². The number of rotatable bonds is 4. The Kier molecular flexibility index (Phi) is 4.17. The van der Waals surface area contributed by atoms with Crippen molar-refractivity contribution < 1.29 is 4.74 Å². The molecule has 84 valence electrons. The van der Waals surface area contributed by atoms with E-state index in [2.05, 4.69) is 4.98 Å². The van der Waals surface area contributed by atoms with Crippen LogP contribution in [-0.4, -0.2) is 31.8 Å². The SMILES string of the molecule is COCC(C)N(C)c1nc(Cl)ccc1N. The van der Waals surface area contributed by atoms with Crippen molar-refractivity contribution >= 4 is 23.1 Å². The van der Waals surface area contributed by atoms with Gasteiger partial charge in [-0.3, -0.25) is 0 Å². The van der Waals surface area contributed by atoms with E-state index in [1.54, 1.807) is 19.2 Å². The predicted molar refractivity (Wildman–Crippen MR) is 63.4 cm³/mol. The van der Waals surface area contributed by atoms with Crippen molar-refractivity contribution in [2.45, 2.75) is 13.0 Å². The first-order valence-corrected chi connectivity index (χ1v) is 5.08. The summed E-state index contributed by atoms with van der Waals surface area (Å²) in [5.41, 5.74) is 6.44. The highest BCUT2D eigenvalue weighted by molar-refractivity contribution is 6.29. The first-order valence-electron chi connectivity index (χ1n) is 4.70. The van der Waals surface area contributed by atoms with Gasteiger partial charge >= 0.3 is 0 Å². The normalized spacial score (nSPS) is 12.5. The van der Waals surface area contributed by atoms with E-state index in [1.165, 1.54) is 0 Å². The summed E-state index contributed by atoms with van der Waals surface area (Å²) in [6.07, 6.45) is 0. The first kappa shape index (κ1) is 12.1. The van der Waals surface area contributed by atoms with Gasteiger partial charge in [-0.2, -0.15) is 0 Å². The lowest BCUT2D eigenvalue weighted by molar-refractivity contribution is 0.183. The molecule has 0 saturated heterocycles. The van der Waals surface area contributed by atoms with Crippen molar-refractivity contribution in [3.05, 3.63) is 17.3 Å². The Hall–Kier alpha value is -1.00. The molecule has 0 fully saturated rings. The minimum atomic E-state index is 0.197. The highest BCUT2D eigenvalue weighted by atomic mass is 35.5. The fraction of sp³-hybridized carbons (Fsp3) is 0.500. The highest BCUT2D eigenvalue weighted by Crippen LogP contribution is 2.23. The molecule has 1 atom stereocenters. The quantitative estimate of drug-likeness (QED) is 0.800.